The number of H-pyrrole nitrogens is 1. The second-order valence-corrected chi connectivity index (χ2v) is 7.63. The standard InChI is InChI=1S/C20H23FN4O4S/c1-2-29-20(28)25-9-7-24(8-10-25)18(27)12-15-11-17(26)23-19(22-15)30-13-14-5-3-4-6-16(14)21/h3-6,11H,2,7-10,12-13H2,1H3,(H,22,23,26). The number of amides is 2. The second-order valence-electron chi connectivity index (χ2n) is 6.67. The summed E-state index contributed by atoms with van der Waals surface area (Å²) in [6.07, 6.45) is -0.395. The van der Waals surface area contributed by atoms with Crippen molar-refractivity contribution in [1.29, 1.82) is 0 Å². The zero-order valence-electron chi connectivity index (χ0n) is 16.6. The molecule has 1 aromatic heterocycles. The van der Waals surface area contributed by atoms with Crippen molar-refractivity contribution in [2.75, 3.05) is 32.8 Å². The van der Waals surface area contributed by atoms with Gasteiger partial charge in [-0.15, -0.1) is 0 Å². The molecule has 1 fully saturated rings. The van der Waals surface area contributed by atoms with Gasteiger partial charge in [0.2, 0.25) is 5.91 Å². The number of hydrogen-bond acceptors (Lipinski definition) is 6. The van der Waals surface area contributed by atoms with E-state index in [1.165, 1.54) is 23.9 Å². The third kappa shape index (κ3) is 5.82. The van der Waals surface area contributed by atoms with Gasteiger partial charge in [0.15, 0.2) is 5.16 Å². The average molecular weight is 434 g/mol. The van der Waals surface area contributed by atoms with Gasteiger partial charge in [-0.05, 0) is 18.6 Å². The number of rotatable bonds is 6. The Morgan fingerprint density at radius 2 is 1.90 bits per heavy atom. The molecule has 0 radical (unpaired) electrons. The van der Waals surface area contributed by atoms with Crippen molar-refractivity contribution in [2.24, 2.45) is 0 Å². The number of benzene rings is 1. The van der Waals surface area contributed by atoms with Gasteiger partial charge >= 0.3 is 6.09 Å². The first-order valence-corrected chi connectivity index (χ1v) is 10.6. The molecule has 30 heavy (non-hydrogen) atoms. The Labute approximate surface area is 177 Å². The van der Waals surface area contributed by atoms with Crippen LogP contribution in [0.5, 0.6) is 0 Å². The molecule has 1 aliphatic heterocycles. The Bertz CT molecular complexity index is 960. The molecule has 0 bridgehead atoms. The maximum Gasteiger partial charge on any atom is 0.409 e. The molecule has 8 nitrogen and oxygen atoms in total. The molecule has 2 aromatic rings. The summed E-state index contributed by atoms with van der Waals surface area (Å²) in [5.74, 6) is -0.176. The lowest BCUT2D eigenvalue weighted by Gasteiger charge is -2.34. The highest BCUT2D eigenvalue weighted by atomic mass is 32.2. The Kier molecular flexibility index (Phi) is 7.45. The summed E-state index contributed by atoms with van der Waals surface area (Å²) in [6, 6.07) is 7.70. The van der Waals surface area contributed by atoms with E-state index < -0.39 is 0 Å². The zero-order valence-corrected chi connectivity index (χ0v) is 17.4. The highest BCUT2D eigenvalue weighted by Crippen LogP contribution is 2.20. The maximum atomic E-state index is 13.8. The van der Waals surface area contributed by atoms with Crippen molar-refractivity contribution in [1.82, 2.24) is 19.8 Å². The SMILES string of the molecule is CCOC(=O)N1CCN(C(=O)Cc2cc(=O)[nH]c(SCc3ccccc3F)n2)CC1. The van der Waals surface area contributed by atoms with Crippen molar-refractivity contribution in [3.05, 3.63) is 57.8 Å². The lowest BCUT2D eigenvalue weighted by Crippen LogP contribution is -2.51. The van der Waals surface area contributed by atoms with E-state index in [-0.39, 0.29) is 29.8 Å². The number of carbonyl (C=O) groups excluding carboxylic acids is 2. The number of thioether (sulfide) groups is 1. The van der Waals surface area contributed by atoms with Crippen LogP contribution < -0.4 is 5.56 Å². The van der Waals surface area contributed by atoms with Crippen molar-refractivity contribution in [3.8, 4) is 0 Å². The van der Waals surface area contributed by atoms with Crippen LogP contribution in [0.15, 0.2) is 40.3 Å². The Morgan fingerprint density at radius 3 is 2.60 bits per heavy atom. The number of nitrogens with zero attached hydrogens (tertiary/aromatic N) is 3. The van der Waals surface area contributed by atoms with Gasteiger partial charge in [-0.25, -0.2) is 14.2 Å². The summed E-state index contributed by atoms with van der Waals surface area (Å²) < 4.78 is 18.7. The molecule has 2 heterocycles. The Balaban J connectivity index is 1.57. The molecule has 160 valence electrons. The number of aromatic amines is 1. The van der Waals surface area contributed by atoms with Gasteiger partial charge in [0, 0.05) is 38.0 Å². The lowest BCUT2D eigenvalue weighted by atomic mass is 10.2. The average Bonchev–Trinajstić information content (AvgIpc) is 2.73. The van der Waals surface area contributed by atoms with Crippen LogP contribution in [0.1, 0.15) is 18.2 Å². The molecular weight excluding hydrogens is 411 g/mol. The van der Waals surface area contributed by atoms with Crippen LogP contribution in [-0.2, 0) is 21.7 Å². The van der Waals surface area contributed by atoms with Crippen LogP contribution in [0, 0.1) is 5.82 Å². The van der Waals surface area contributed by atoms with E-state index in [1.54, 1.807) is 34.9 Å². The quantitative estimate of drug-likeness (QED) is 0.552. The molecule has 0 aliphatic carbocycles. The zero-order chi connectivity index (χ0) is 21.5. The van der Waals surface area contributed by atoms with Crippen LogP contribution >= 0.6 is 11.8 Å². The van der Waals surface area contributed by atoms with Gasteiger partial charge in [-0.2, -0.15) is 0 Å². The van der Waals surface area contributed by atoms with E-state index in [0.717, 1.165) is 0 Å². The Hall–Kier alpha value is -2.88. The fourth-order valence-electron chi connectivity index (χ4n) is 3.02. The summed E-state index contributed by atoms with van der Waals surface area (Å²) in [4.78, 5) is 46.5. The number of hydrogen-bond donors (Lipinski definition) is 1. The molecular formula is C20H23FN4O4S. The van der Waals surface area contributed by atoms with Gasteiger partial charge in [0.1, 0.15) is 5.82 Å². The van der Waals surface area contributed by atoms with Crippen LogP contribution in [0.4, 0.5) is 9.18 Å². The highest BCUT2D eigenvalue weighted by Gasteiger charge is 2.25. The molecule has 10 heteroatoms. The van der Waals surface area contributed by atoms with Crippen LogP contribution in [0.25, 0.3) is 0 Å². The summed E-state index contributed by atoms with van der Waals surface area (Å²) in [5.41, 5.74) is 0.495. The minimum absolute atomic E-state index is 0.0173. The molecule has 1 N–H and O–H groups in total. The topological polar surface area (TPSA) is 95.6 Å². The second kappa shape index (κ2) is 10.2. The van der Waals surface area contributed by atoms with Gasteiger partial charge in [-0.3, -0.25) is 9.59 Å². The number of aromatic nitrogens is 2. The van der Waals surface area contributed by atoms with Crippen LogP contribution in [-0.4, -0.2) is 64.6 Å². The molecule has 0 atom stereocenters. The Morgan fingerprint density at radius 1 is 1.20 bits per heavy atom. The van der Waals surface area contributed by atoms with E-state index in [9.17, 15) is 18.8 Å². The summed E-state index contributed by atoms with van der Waals surface area (Å²) >= 11 is 1.20. The number of halogens is 1. The van der Waals surface area contributed by atoms with Gasteiger partial charge < -0.3 is 19.5 Å². The number of piperazine rings is 1. The first kappa shape index (κ1) is 21.8. The molecule has 0 unspecified atom stereocenters. The fourth-order valence-corrected chi connectivity index (χ4v) is 3.90. The summed E-state index contributed by atoms with van der Waals surface area (Å²) in [5, 5.41) is 0.334. The van der Waals surface area contributed by atoms with Gasteiger partial charge in [0.25, 0.3) is 5.56 Å². The maximum absolute atomic E-state index is 13.8. The molecule has 1 saturated heterocycles. The van der Waals surface area contributed by atoms with E-state index in [2.05, 4.69) is 9.97 Å². The monoisotopic (exact) mass is 434 g/mol. The molecule has 2 amide bonds. The fraction of sp³-hybridized carbons (Fsp3) is 0.400. The smallest absolute Gasteiger partial charge is 0.409 e. The predicted molar refractivity (Wildman–Crippen MR) is 110 cm³/mol. The van der Waals surface area contributed by atoms with Crippen molar-refractivity contribution in [3.63, 3.8) is 0 Å². The number of ether oxygens (including phenoxy) is 1. The third-order valence-corrected chi connectivity index (χ3v) is 5.51. The highest BCUT2D eigenvalue weighted by molar-refractivity contribution is 7.98. The van der Waals surface area contributed by atoms with E-state index >= 15 is 0 Å². The van der Waals surface area contributed by atoms with E-state index in [4.69, 9.17) is 4.74 Å². The number of carbonyl (C=O) groups is 2. The van der Waals surface area contributed by atoms with Gasteiger partial charge in [0.05, 0.1) is 18.7 Å². The van der Waals surface area contributed by atoms with Crippen molar-refractivity contribution >= 4 is 23.8 Å². The predicted octanol–water partition coefficient (Wildman–Crippen LogP) is 2.04. The molecule has 1 aromatic carbocycles. The van der Waals surface area contributed by atoms with Crippen LogP contribution in [0.3, 0.4) is 0 Å². The van der Waals surface area contributed by atoms with Crippen molar-refractivity contribution < 1.29 is 18.7 Å². The van der Waals surface area contributed by atoms with Crippen LogP contribution in [0.2, 0.25) is 0 Å². The first-order chi connectivity index (χ1) is 14.5. The normalized spacial score (nSPS) is 13.9. The molecule has 0 spiro atoms. The van der Waals surface area contributed by atoms with E-state index in [0.29, 0.717) is 55.0 Å². The van der Waals surface area contributed by atoms with Gasteiger partial charge in [-0.1, -0.05) is 30.0 Å². The van der Waals surface area contributed by atoms with Crippen molar-refractivity contribution in [2.45, 2.75) is 24.3 Å². The number of nitrogens with one attached hydrogen (secondary N) is 1. The summed E-state index contributed by atoms with van der Waals surface area (Å²) in [7, 11) is 0. The largest absolute Gasteiger partial charge is 0.450 e. The molecule has 1 aliphatic rings. The molecule has 0 saturated carbocycles. The third-order valence-electron chi connectivity index (χ3n) is 4.59. The minimum Gasteiger partial charge on any atom is -0.450 e. The van der Waals surface area contributed by atoms with E-state index in [1.807, 2.05) is 0 Å². The summed E-state index contributed by atoms with van der Waals surface area (Å²) in [6.45, 7) is 3.65. The lowest BCUT2D eigenvalue weighted by molar-refractivity contribution is -0.132. The minimum atomic E-state index is -0.377. The first-order valence-electron chi connectivity index (χ1n) is 9.62. The molecule has 3 rings (SSSR count).